The lowest BCUT2D eigenvalue weighted by molar-refractivity contribution is 0.181. The standard InChI is InChI=1S/C14H21N3/c1-11-6-12(8-15-7-11)9-17-5-4-16-14(10-17)13-2-3-13/h6-8,13-14,16H,2-5,9-10H2,1H3. The molecule has 1 aromatic rings. The molecule has 1 saturated heterocycles. The smallest absolute Gasteiger partial charge is 0.0313 e. The van der Waals surface area contributed by atoms with Crippen molar-refractivity contribution in [1.82, 2.24) is 15.2 Å². The van der Waals surface area contributed by atoms with Crippen LogP contribution in [-0.2, 0) is 6.54 Å². The molecule has 0 aromatic carbocycles. The highest BCUT2D eigenvalue weighted by Gasteiger charge is 2.33. The van der Waals surface area contributed by atoms with Gasteiger partial charge in [0.2, 0.25) is 0 Å². The van der Waals surface area contributed by atoms with Crippen molar-refractivity contribution >= 4 is 0 Å². The van der Waals surface area contributed by atoms with Crippen molar-refractivity contribution < 1.29 is 0 Å². The number of pyridine rings is 1. The van der Waals surface area contributed by atoms with E-state index in [-0.39, 0.29) is 0 Å². The van der Waals surface area contributed by atoms with E-state index in [0.29, 0.717) is 0 Å². The molecule has 1 saturated carbocycles. The van der Waals surface area contributed by atoms with Crippen molar-refractivity contribution in [2.24, 2.45) is 5.92 Å². The van der Waals surface area contributed by atoms with Crippen molar-refractivity contribution in [2.45, 2.75) is 32.4 Å². The first-order valence-electron chi connectivity index (χ1n) is 6.67. The van der Waals surface area contributed by atoms with Gasteiger partial charge in [0, 0.05) is 44.6 Å². The molecule has 0 bridgehead atoms. The summed E-state index contributed by atoms with van der Waals surface area (Å²) in [5.41, 5.74) is 2.61. The summed E-state index contributed by atoms with van der Waals surface area (Å²) in [6.07, 6.45) is 6.78. The molecule has 1 N–H and O–H groups in total. The number of nitrogens with one attached hydrogen (secondary N) is 1. The van der Waals surface area contributed by atoms with Gasteiger partial charge in [0.1, 0.15) is 0 Å². The first-order valence-corrected chi connectivity index (χ1v) is 6.67. The molecule has 92 valence electrons. The average molecular weight is 231 g/mol. The minimum absolute atomic E-state index is 0.738. The third kappa shape index (κ3) is 2.85. The second-order valence-corrected chi connectivity index (χ2v) is 5.50. The fourth-order valence-electron chi connectivity index (χ4n) is 2.76. The van der Waals surface area contributed by atoms with Crippen LogP contribution in [0, 0.1) is 12.8 Å². The van der Waals surface area contributed by atoms with E-state index in [4.69, 9.17) is 0 Å². The summed E-state index contributed by atoms with van der Waals surface area (Å²) in [6.45, 7) is 6.68. The summed E-state index contributed by atoms with van der Waals surface area (Å²) < 4.78 is 0. The van der Waals surface area contributed by atoms with Gasteiger partial charge in [-0.15, -0.1) is 0 Å². The first-order chi connectivity index (χ1) is 8.31. The van der Waals surface area contributed by atoms with E-state index in [2.05, 4.69) is 28.2 Å². The summed E-state index contributed by atoms with van der Waals surface area (Å²) in [7, 11) is 0. The summed E-state index contributed by atoms with van der Waals surface area (Å²) >= 11 is 0. The van der Waals surface area contributed by atoms with Crippen LogP contribution in [0.1, 0.15) is 24.0 Å². The van der Waals surface area contributed by atoms with Crippen molar-refractivity contribution in [3.63, 3.8) is 0 Å². The Kier molecular flexibility index (Phi) is 3.12. The largest absolute Gasteiger partial charge is 0.311 e. The molecule has 3 nitrogen and oxygen atoms in total. The van der Waals surface area contributed by atoms with Crippen LogP contribution in [0.2, 0.25) is 0 Å². The van der Waals surface area contributed by atoms with Crippen molar-refractivity contribution in [3.8, 4) is 0 Å². The SMILES string of the molecule is Cc1cncc(CN2CCNC(C3CC3)C2)c1. The average Bonchev–Trinajstić information content (AvgIpc) is 3.13. The van der Waals surface area contributed by atoms with Gasteiger partial charge >= 0.3 is 0 Å². The Morgan fingerprint density at radius 2 is 2.29 bits per heavy atom. The summed E-state index contributed by atoms with van der Waals surface area (Å²) in [5.74, 6) is 0.952. The normalized spacial score (nSPS) is 26.1. The topological polar surface area (TPSA) is 28.2 Å². The molecule has 3 rings (SSSR count). The third-order valence-electron chi connectivity index (χ3n) is 3.82. The maximum Gasteiger partial charge on any atom is 0.0313 e. The van der Waals surface area contributed by atoms with Gasteiger partial charge in [0.25, 0.3) is 0 Å². The quantitative estimate of drug-likeness (QED) is 0.856. The van der Waals surface area contributed by atoms with E-state index in [9.17, 15) is 0 Å². The number of rotatable bonds is 3. The van der Waals surface area contributed by atoms with Crippen molar-refractivity contribution in [1.29, 1.82) is 0 Å². The monoisotopic (exact) mass is 231 g/mol. The van der Waals surface area contributed by atoms with Gasteiger partial charge in [-0.2, -0.15) is 0 Å². The maximum atomic E-state index is 4.27. The van der Waals surface area contributed by atoms with E-state index in [1.165, 1.54) is 30.5 Å². The first kappa shape index (κ1) is 11.2. The zero-order chi connectivity index (χ0) is 11.7. The number of hydrogen-bond acceptors (Lipinski definition) is 3. The molecule has 0 radical (unpaired) electrons. The second kappa shape index (κ2) is 4.75. The molecule has 0 amide bonds. The summed E-state index contributed by atoms with van der Waals surface area (Å²) in [6, 6.07) is 2.99. The Hall–Kier alpha value is -0.930. The van der Waals surface area contributed by atoms with Gasteiger partial charge in [-0.3, -0.25) is 9.88 Å². The van der Waals surface area contributed by atoms with Crippen LogP contribution in [0.25, 0.3) is 0 Å². The highest BCUT2D eigenvalue weighted by Crippen LogP contribution is 2.33. The molecule has 2 aliphatic rings. The van der Waals surface area contributed by atoms with Gasteiger partial charge in [-0.1, -0.05) is 6.07 Å². The van der Waals surface area contributed by atoms with Crippen LogP contribution in [-0.4, -0.2) is 35.6 Å². The highest BCUT2D eigenvalue weighted by atomic mass is 15.2. The Labute approximate surface area is 103 Å². The van der Waals surface area contributed by atoms with Crippen LogP contribution in [0.5, 0.6) is 0 Å². The molecule has 1 atom stereocenters. The molecule has 0 spiro atoms. The summed E-state index contributed by atoms with van der Waals surface area (Å²) in [5, 5.41) is 3.65. The van der Waals surface area contributed by atoms with E-state index < -0.39 is 0 Å². The van der Waals surface area contributed by atoms with Crippen molar-refractivity contribution in [2.75, 3.05) is 19.6 Å². The van der Waals surface area contributed by atoms with Gasteiger partial charge < -0.3 is 5.32 Å². The molecule has 17 heavy (non-hydrogen) atoms. The minimum atomic E-state index is 0.738. The van der Waals surface area contributed by atoms with Gasteiger partial charge in [-0.05, 0) is 36.8 Å². The number of nitrogens with zero attached hydrogens (tertiary/aromatic N) is 2. The van der Waals surface area contributed by atoms with Crippen LogP contribution < -0.4 is 5.32 Å². The molecule has 1 aliphatic carbocycles. The fraction of sp³-hybridized carbons (Fsp3) is 0.643. The van der Waals surface area contributed by atoms with Crippen LogP contribution in [0.4, 0.5) is 0 Å². The van der Waals surface area contributed by atoms with Gasteiger partial charge in [0.05, 0.1) is 0 Å². The lowest BCUT2D eigenvalue weighted by atomic mass is 10.1. The minimum Gasteiger partial charge on any atom is -0.311 e. The van der Waals surface area contributed by atoms with E-state index in [0.717, 1.165) is 31.6 Å². The van der Waals surface area contributed by atoms with Gasteiger partial charge in [0.15, 0.2) is 0 Å². The number of aryl methyl sites for hydroxylation is 1. The second-order valence-electron chi connectivity index (χ2n) is 5.50. The molecular formula is C14H21N3. The van der Waals surface area contributed by atoms with E-state index in [1.54, 1.807) is 0 Å². The van der Waals surface area contributed by atoms with Crippen LogP contribution in [0.15, 0.2) is 18.5 Å². The van der Waals surface area contributed by atoms with Crippen LogP contribution in [0.3, 0.4) is 0 Å². The molecule has 2 heterocycles. The molecule has 2 fully saturated rings. The fourth-order valence-corrected chi connectivity index (χ4v) is 2.76. The zero-order valence-electron chi connectivity index (χ0n) is 10.5. The Morgan fingerprint density at radius 1 is 1.41 bits per heavy atom. The molecule has 1 aromatic heterocycles. The maximum absolute atomic E-state index is 4.27. The van der Waals surface area contributed by atoms with Crippen LogP contribution >= 0.6 is 0 Å². The predicted octanol–water partition coefficient (Wildman–Crippen LogP) is 1.57. The van der Waals surface area contributed by atoms with Gasteiger partial charge in [-0.25, -0.2) is 0 Å². The van der Waals surface area contributed by atoms with E-state index >= 15 is 0 Å². The zero-order valence-corrected chi connectivity index (χ0v) is 10.5. The molecule has 3 heteroatoms. The summed E-state index contributed by atoms with van der Waals surface area (Å²) in [4.78, 5) is 6.84. The number of aromatic nitrogens is 1. The lowest BCUT2D eigenvalue weighted by Gasteiger charge is -2.33. The van der Waals surface area contributed by atoms with Crippen molar-refractivity contribution in [3.05, 3.63) is 29.6 Å². The number of hydrogen-bond donors (Lipinski definition) is 1. The molecule has 1 aliphatic heterocycles. The predicted molar refractivity (Wildman–Crippen MR) is 68.8 cm³/mol. The number of piperazine rings is 1. The highest BCUT2D eigenvalue weighted by molar-refractivity contribution is 5.16. The molecular weight excluding hydrogens is 210 g/mol. The third-order valence-corrected chi connectivity index (χ3v) is 3.82. The molecule has 1 unspecified atom stereocenters. The van der Waals surface area contributed by atoms with E-state index in [1.807, 2.05) is 12.4 Å². The Morgan fingerprint density at radius 3 is 3.06 bits per heavy atom. The lowest BCUT2D eigenvalue weighted by Crippen LogP contribution is -2.51. The Bertz CT molecular complexity index is 387. The Balaban J connectivity index is 1.60.